The van der Waals surface area contributed by atoms with Gasteiger partial charge in [-0.2, -0.15) is 0 Å². The molecule has 1 aromatic rings. The van der Waals surface area contributed by atoms with E-state index in [9.17, 15) is 9.59 Å². The first kappa shape index (κ1) is 15.3. The van der Waals surface area contributed by atoms with Crippen LogP contribution >= 0.6 is 0 Å². The molecule has 1 fully saturated rings. The van der Waals surface area contributed by atoms with Crippen LogP contribution in [0.25, 0.3) is 6.08 Å². The molecule has 1 aromatic carbocycles. The van der Waals surface area contributed by atoms with E-state index in [0.717, 1.165) is 23.6 Å². The highest BCUT2D eigenvalue weighted by molar-refractivity contribution is 5.93. The van der Waals surface area contributed by atoms with Crippen molar-refractivity contribution in [2.24, 2.45) is 5.92 Å². The Morgan fingerprint density at radius 2 is 2.19 bits per heavy atom. The third-order valence-corrected chi connectivity index (χ3v) is 3.51. The molecule has 2 N–H and O–H groups in total. The Kier molecular flexibility index (Phi) is 4.75. The van der Waals surface area contributed by atoms with Gasteiger partial charge in [-0.15, -0.1) is 0 Å². The molecule has 0 saturated carbocycles. The average Bonchev–Trinajstić information content (AvgIpc) is 2.84. The number of carbonyl (C=O) groups is 2. The lowest BCUT2D eigenvalue weighted by Crippen LogP contribution is -2.23. The highest BCUT2D eigenvalue weighted by Gasteiger charge is 2.28. The molecule has 0 aromatic heterocycles. The number of amides is 1. The fourth-order valence-electron chi connectivity index (χ4n) is 2.35. The van der Waals surface area contributed by atoms with E-state index in [2.05, 4.69) is 5.32 Å². The summed E-state index contributed by atoms with van der Waals surface area (Å²) in [4.78, 5) is 22.6. The minimum absolute atomic E-state index is 0.0346. The first-order valence-corrected chi connectivity index (χ1v) is 6.90. The van der Waals surface area contributed by atoms with Crippen molar-refractivity contribution in [2.75, 3.05) is 11.9 Å². The van der Waals surface area contributed by atoms with Crippen LogP contribution < -0.4 is 5.32 Å². The van der Waals surface area contributed by atoms with Crippen LogP contribution in [-0.4, -0.2) is 29.7 Å². The van der Waals surface area contributed by atoms with Crippen molar-refractivity contribution < 1.29 is 19.4 Å². The molecule has 5 nitrogen and oxygen atoms in total. The summed E-state index contributed by atoms with van der Waals surface area (Å²) >= 11 is 0. The Morgan fingerprint density at radius 1 is 1.43 bits per heavy atom. The fraction of sp³-hybridized carbons (Fsp3) is 0.375. The van der Waals surface area contributed by atoms with Crippen LogP contribution in [0.2, 0.25) is 0 Å². The molecular weight excluding hydrogens is 270 g/mol. The van der Waals surface area contributed by atoms with Crippen molar-refractivity contribution in [3.05, 3.63) is 35.4 Å². The number of rotatable bonds is 4. The Labute approximate surface area is 123 Å². The molecule has 5 heteroatoms. The van der Waals surface area contributed by atoms with E-state index in [1.165, 1.54) is 6.08 Å². The smallest absolute Gasteiger partial charge is 0.328 e. The fourth-order valence-corrected chi connectivity index (χ4v) is 2.35. The SMILES string of the molecule is Cc1cc(NC(=O)C2COC(C)C2)ccc1/C=C/C(=O)O. The van der Waals surface area contributed by atoms with Crippen LogP contribution in [0.5, 0.6) is 0 Å². The molecule has 21 heavy (non-hydrogen) atoms. The van der Waals surface area contributed by atoms with Gasteiger partial charge in [0.15, 0.2) is 0 Å². The Morgan fingerprint density at radius 3 is 2.76 bits per heavy atom. The molecule has 1 heterocycles. The molecule has 0 bridgehead atoms. The van der Waals surface area contributed by atoms with E-state index in [-0.39, 0.29) is 17.9 Å². The Bertz CT molecular complexity index is 580. The van der Waals surface area contributed by atoms with Crippen LogP contribution in [0.4, 0.5) is 5.69 Å². The van der Waals surface area contributed by atoms with E-state index in [0.29, 0.717) is 12.3 Å². The number of carboxylic acid groups (broad SMARTS) is 1. The van der Waals surface area contributed by atoms with E-state index >= 15 is 0 Å². The molecule has 2 unspecified atom stereocenters. The normalized spacial score (nSPS) is 21.6. The van der Waals surface area contributed by atoms with Crippen molar-refractivity contribution in [3.63, 3.8) is 0 Å². The monoisotopic (exact) mass is 289 g/mol. The summed E-state index contributed by atoms with van der Waals surface area (Å²) < 4.78 is 5.40. The van der Waals surface area contributed by atoms with Crippen molar-refractivity contribution in [1.82, 2.24) is 0 Å². The molecule has 0 radical (unpaired) electrons. The van der Waals surface area contributed by atoms with E-state index < -0.39 is 5.97 Å². The Hall–Kier alpha value is -2.14. The number of benzene rings is 1. The molecule has 1 aliphatic rings. The minimum Gasteiger partial charge on any atom is -0.478 e. The van der Waals surface area contributed by atoms with Gasteiger partial charge in [-0.05, 0) is 49.6 Å². The predicted octanol–water partition coefficient (Wildman–Crippen LogP) is 2.46. The molecule has 0 spiro atoms. The first-order valence-electron chi connectivity index (χ1n) is 6.90. The second kappa shape index (κ2) is 6.54. The van der Waals surface area contributed by atoms with E-state index in [4.69, 9.17) is 9.84 Å². The van der Waals surface area contributed by atoms with Gasteiger partial charge < -0.3 is 15.2 Å². The zero-order chi connectivity index (χ0) is 15.4. The third kappa shape index (κ3) is 4.16. The van der Waals surface area contributed by atoms with Gasteiger partial charge in [0.25, 0.3) is 0 Å². The van der Waals surface area contributed by atoms with Crippen LogP contribution in [0, 0.1) is 12.8 Å². The quantitative estimate of drug-likeness (QED) is 0.835. The lowest BCUT2D eigenvalue weighted by atomic mass is 10.0. The molecular formula is C16H19NO4. The maximum absolute atomic E-state index is 12.1. The minimum atomic E-state index is -0.984. The lowest BCUT2D eigenvalue weighted by Gasteiger charge is -2.11. The standard InChI is InChI=1S/C16H19NO4/c1-10-7-14(5-3-12(10)4-6-15(18)19)17-16(20)13-8-11(2)21-9-13/h3-7,11,13H,8-9H2,1-2H3,(H,17,20)(H,18,19)/b6-4+. The number of aliphatic carboxylic acids is 1. The first-order chi connectivity index (χ1) is 9.95. The second-order valence-electron chi connectivity index (χ2n) is 5.31. The van der Waals surface area contributed by atoms with Crippen molar-refractivity contribution in [2.45, 2.75) is 26.4 Å². The van der Waals surface area contributed by atoms with Crippen molar-refractivity contribution in [3.8, 4) is 0 Å². The number of hydrogen-bond donors (Lipinski definition) is 2. The summed E-state index contributed by atoms with van der Waals surface area (Å²) in [6, 6.07) is 5.39. The number of hydrogen-bond acceptors (Lipinski definition) is 3. The molecule has 2 atom stereocenters. The largest absolute Gasteiger partial charge is 0.478 e. The average molecular weight is 289 g/mol. The highest BCUT2D eigenvalue weighted by atomic mass is 16.5. The number of anilines is 1. The number of nitrogens with one attached hydrogen (secondary N) is 1. The summed E-state index contributed by atoms with van der Waals surface area (Å²) in [5, 5.41) is 11.5. The summed E-state index contributed by atoms with van der Waals surface area (Å²) in [6.45, 7) is 4.30. The molecule has 1 amide bonds. The van der Waals surface area contributed by atoms with Gasteiger partial charge in [-0.3, -0.25) is 4.79 Å². The van der Waals surface area contributed by atoms with Gasteiger partial charge in [0.1, 0.15) is 0 Å². The van der Waals surface area contributed by atoms with Crippen LogP contribution in [-0.2, 0) is 14.3 Å². The number of carboxylic acids is 1. The van der Waals surface area contributed by atoms with Gasteiger partial charge >= 0.3 is 5.97 Å². The van der Waals surface area contributed by atoms with E-state index in [1.807, 2.05) is 19.9 Å². The van der Waals surface area contributed by atoms with Gasteiger partial charge in [-0.25, -0.2) is 4.79 Å². The zero-order valence-electron chi connectivity index (χ0n) is 12.1. The summed E-state index contributed by atoms with van der Waals surface area (Å²) in [5.41, 5.74) is 2.43. The molecule has 1 aliphatic heterocycles. The molecule has 1 saturated heterocycles. The van der Waals surface area contributed by atoms with E-state index in [1.54, 1.807) is 12.1 Å². The second-order valence-corrected chi connectivity index (χ2v) is 5.31. The maximum atomic E-state index is 12.1. The summed E-state index contributed by atoms with van der Waals surface area (Å²) in [7, 11) is 0. The van der Waals surface area contributed by atoms with Crippen molar-refractivity contribution >= 4 is 23.6 Å². The van der Waals surface area contributed by atoms with Gasteiger partial charge in [-0.1, -0.05) is 6.07 Å². The summed E-state index contributed by atoms with van der Waals surface area (Å²) in [6.07, 6.45) is 3.50. The maximum Gasteiger partial charge on any atom is 0.328 e. The number of carbonyl (C=O) groups excluding carboxylic acids is 1. The lowest BCUT2D eigenvalue weighted by molar-refractivity contribution is -0.131. The predicted molar refractivity (Wildman–Crippen MR) is 80.0 cm³/mol. The van der Waals surface area contributed by atoms with Crippen molar-refractivity contribution in [1.29, 1.82) is 0 Å². The zero-order valence-corrected chi connectivity index (χ0v) is 12.1. The molecule has 2 rings (SSSR count). The number of aryl methyl sites for hydroxylation is 1. The van der Waals surface area contributed by atoms with Gasteiger partial charge in [0.05, 0.1) is 18.6 Å². The third-order valence-electron chi connectivity index (χ3n) is 3.51. The topological polar surface area (TPSA) is 75.6 Å². The highest BCUT2D eigenvalue weighted by Crippen LogP contribution is 2.22. The van der Waals surface area contributed by atoms with Crippen LogP contribution in [0.3, 0.4) is 0 Å². The van der Waals surface area contributed by atoms with Gasteiger partial charge in [0.2, 0.25) is 5.91 Å². The Balaban J connectivity index is 2.03. The molecule has 0 aliphatic carbocycles. The molecule has 112 valence electrons. The van der Waals surface area contributed by atoms with Gasteiger partial charge in [0, 0.05) is 11.8 Å². The van der Waals surface area contributed by atoms with Crippen LogP contribution in [0.15, 0.2) is 24.3 Å². The summed E-state index contributed by atoms with van der Waals surface area (Å²) in [5.74, 6) is -1.12. The van der Waals surface area contributed by atoms with Crippen LogP contribution in [0.1, 0.15) is 24.5 Å². The number of ether oxygens (including phenoxy) is 1.